The lowest BCUT2D eigenvalue weighted by Gasteiger charge is -2.13. The number of benzene rings is 2. The van der Waals surface area contributed by atoms with Gasteiger partial charge in [-0.1, -0.05) is 40.9 Å². The van der Waals surface area contributed by atoms with Gasteiger partial charge >= 0.3 is 6.01 Å². The summed E-state index contributed by atoms with van der Waals surface area (Å²) in [6.45, 7) is 0. The first-order valence-corrected chi connectivity index (χ1v) is 9.49. The summed E-state index contributed by atoms with van der Waals surface area (Å²) < 4.78 is 32.8. The number of carbonyl (C=O) groups is 1. The maximum absolute atomic E-state index is 13.7. The Labute approximate surface area is 189 Å². The second-order valence-electron chi connectivity index (χ2n) is 5.56. The molecule has 154 valence electrons. The summed E-state index contributed by atoms with van der Waals surface area (Å²) in [5.74, 6) is -3.02. The molecule has 0 saturated carbocycles. The van der Waals surface area contributed by atoms with Gasteiger partial charge in [0.05, 0.1) is 27.5 Å². The fourth-order valence-electron chi connectivity index (χ4n) is 2.22. The Morgan fingerprint density at radius 1 is 1.03 bits per heavy atom. The number of ether oxygens (including phenoxy) is 1. The highest BCUT2D eigenvalue weighted by Gasteiger charge is 2.19. The van der Waals surface area contributed by atoms with E-state index in [9.17, 15) is 13.6 Å². The van der Waals surface area contributed by atoms with Crippen molar-refractivity contribution in [2.75, 3.05) is 5.32 Å². The van der Waals surface area contributed by atoms with Crippen LogP contribution in [0.25, 0.3) is 0 Å². The second-order valence-corrected chi connectivity index (χ2v) is 7.22. The SMILES string of the molecule is O=C(NC(=S)Nc1cc(Cl)c(Oc2ncc(Cl)cn2)c(Cl)c1)c1c(F)cccc1F. The van der Waals surface area contributed by atoms with Crippen molar-refractivity contribution in [2.24, 2.45) is 0 Å². The van der Waals surface area contributed by atoms with Crippen molar-refractivity contribution in [3.63, 3.8) is 0 Å². The molecule has 1 amide bonds. The molecule has 30 heavy (non-hydrogen) atoms. The number of thiocarbonyl (C=S) groups is 1. The lowest BCUT2D eigenvalue weighted by Crippen LogP contribution is -2.35. The van der Waals surface area contributed by atoms with Crippen molar-refractivity contribution in [3.8, 4) is 11.8 Å². The van der Waals surface area contributed by atoms with Crippen molar-refractivity contribution in [2.45, 2.75) is 0 Å². The molecule has 6 nitrogen and oxygen atoms in total. The topological polar surface area (TPSA) is 76.1 Å². The van der Waals surface area contributed by atoms with E-state index in [2.05, 4.69) is 20.6 Å². The van der Waals surface area contributed by atoms with E-state index in [1.807, 2.05) is 0 Å². The van der Waals surface area contributed by atoms with Gasteiger partial charge in [0.2, 0.25) is 0 Å². The third-order valence-corrected chi connectivity index (χ3v) is 4.42. The largest absolute Gasteiger partial charge is 0.421 e. The van der Waals surface area contributed by atoms with Gasteiger partial charge < -0.3 is 10.1 Å². The summed E-state index contributed by atoms with van der Waals surface area (Å²) in [7, 11) is 0. The number of hydrogen-bond acceptors (Lipinski definition) is 5. The summed E-state index contributed by atoms with van der Waals surface area (Å²) in [5, 5.41) is 5.07. The molecule has 0 atom stereocenters. The molecule has 0 bridgehead atoms. The van der Waals surface area contributed by atoms with Crippen LogP contribution in [0.3, 0.4) is 0 Å². The molecule has 0 fully saturated rings. The first-order chi connectivity index (χ1) is 14.2. The highest BCUT2D eigenvalue weighted by molar-refractivity contribution is 7.80. The van der Waals surface area contributed by atoms with Crippen LogP contribution < -0.4 is 15.4 Å². The van der Waals surface area contributed by atoms with Crippen LogP contribution in [0.15, 0.2) is 42.7 Å². The van der Waals surface area contributed by atoms with Crippen LogP contribution in [0.2, 0.25) is 15.1 Å². The summed E-state index contributed by atoms with van der Waals surface area (Å²) in [6.07, 6.45) is 2.67. The number of halogens is 5. The molecule has 0 saturated heterocycles. The molecule has 3 aromatic rings. The summed E-state index contributed by atoms with van der Waals surface area (Å²) in [4.78, 5) is 19.8. The van der Waals surface area contributed by atoms with Gasteiger partial charge in [-0.25, -0.2) is 18.7 Å². The van der Waals surface area contributed by atoms with Crippen LogP contribution >= 0.6 is 47.0 Å². The number of amides is 1. The minimum Gasteiger partial charge on any atom is -0.421 e. The number of hydrogen-bond donors (Lipinski definition) is 2. The standard InChI is InChI=1S/C18H9Cl3F2N4O2S/c19-8-6-24-17(25-7-8)29-15-10(20)4-9(5-11(15)21)26-18(30)27-16(28)14-12(22)2-1-3-13(14)23/h1-7H,(H2,26,27,28,30). The third-order valence-electron chi connectivity index (χ3n) is 3.46. The van der Waals surface area contributed by atoms with E-state index < -0.39 is 23.1 Å². The van der Waals surface area contributed by atoms with Gasteiger partial charge in [-0.2, -0.15) is 0 Å². The number of aromatic nitrogens is 2. The van der Waals surface area contributed by atoms with Gasteiger partial charge in [-0.05, 0) is 36.5 Å². The zero-order chi connectivity index (χ0) is 21.8. The van der Waals surface area contributed by atoms with E-state index in [4.69, 9.17) is 51.8 Å². The first kappa shape index (κ1) is 22.1. The Kier molecular flexibility index (Phi) is 6.99. The molecule has 0 unspecified atom stereocenters. The van der Waals surface area contributed by atoms with Crippen LogP contribution in [0.4, 0.5) is 14.5 Å². The Balaban J connectivity index is 1.71. The molecule has 0 aliphatic carbocycles. The number of nitrogens with zero attached hydrogens (tertiary/aromatic N) is 2. The highest BCUT2D eigenvalue weighted by Crippen LogP contribution is 2.38. The van der Waals surface area contributed by atoms with E-state index in [0.29, 0.717) is 5.02 Å². The van der Waals surface area contributed by atoms with E-state index in [0.717, 1.165) is 18.2 Å². The normalized spacial score (nSPS) is 10.4. The lowest BCUT2D eigenvalue weighted by molar-refractivity contribution is 0.0969. The molecule has 12 heteroatoms. The lowest BCUT2D eigenvalue weighted by atomic mass is 10.2. The van der Waals surface area contributed by atoms with Crippen LogP contribution in [0.1, 0.15) is 10.4 Å². The van der Waals surface area contributed by atoms with Crippen LogP contribution in [-0.2, 0) is 0 Å². The molecule has 0 aliphatic heterocycles. The average Bonchev–Trinajstić information content (AvgIpc) is 2.66. The van der Waals surface area contributed by atoms with E-state index in [-0.39, 0.29) is 32.6 Å². The van der Waals surface area contributed by atoms with Gasteiger partial charge in [-0.3, -0.25) is 10.1 Å². The molecule has 1 heterocycles. The predicted octanol–water partition coefficient (Wildman–Crippen LogP) is 5.63. The van der Waals surface area contributed by atoms with Gasteiger partial charge in [0.25, 0.3) is 5.91 Å². The Hall–Kier alpha value is -2.59. The van der Waals surface area contributed by atoms with Crippen molar-refractivity contribution in [1.29, 1.82) is 0 Å². The first-order valence-electron chi connectivity index (χ1n) is 7.95. The molecule has 2 aromatic carbocycles. The van der Waals surface area contributed by atoms with E-state index >= 15 is 0 Å². The minimum atomic E-state index is -1.06. The molecule has 0 spiro atoms. The van der Waals surface area contributed by atoms with Gasteiger partial charge in [-0.15, -0.1) is 0 Å². The number of anilines is 1. The summed E-state index contributed by atoms with van der Waals surface area (Å²) in [5.41, 5.74) is -0.474. The highest BCUT2D eigenvalue weighted by atomic mass is 35.5. The summed E-state index contributed by atoms with van der Waals surface area (Å²) in [6, 6.07) is 5.83. The van der Waals surface area contributed by atoms with Crippen molar-refractivity contribution >= 4 is 63.7 Å². The smallest absolute Gasteiger partial charge is 0.322 e. The fraction of sp³-hybridized carbons (Fsp3) is 0. The average molecular weight is 490 g/mol. The maximum Gasteiger partial charge on any atom is 0.322 e. The quantitative estimate of drug-likeness (QED) is 0.462. The number of carbonyl (C=O) groups excluding carboxylic acids is 1. The van der Waals surface area contributed by atoms with Gasteiger partial charge in [0, 0.05) is 5.69 Å². The van der Waals surface area contributed by atoms with Crippen molar-refractivity contribution in [3.05, 3.63) is 75.0 Å². The zero-order valence-electron chi connectivity index (χ0n) is 14.6. The van der Waals surface area contributed by atoms with E-state index in [1.54, 1.807) is 0 Å². The van der Waals surface area contributed by atoms with Gasteiger partial charge in [0.15, 0.2) is 10.9 Å². The minimum absolute atomic E-state index is 0.0291. The Morgan fingerprint density at radius 2 is 1.60 bits per heavy atom. The Bertz CT molecular complexity index is 1090. The molecule has 0 aliphatic rings. The molecular formula is C18H9Cl3F2N4O2S. The van der Waals surface area contributed by atoms with Crippen LogP contribution in [0, 0.1) is 11.6 Å². The number of nitrogens with one attached hydrogen (secondary N) is 2. The monoisotopic (exact) mass is 488 g/mol. The third kappa shape index (κ3) is 5.31. The predicted molar refractivity (Wildman–Crippen MR) is 114 cm³/mol. The van der Waals surface area contributed by atoms with Crippen molar-refractivity contribution < 1.29 is 18.3 Å². The second kappa shape index (κ2) is 9.48. The van der Waals surface area contributed by atoms with Gasteiger partial charge in [0.1, 0.15) is 17.2 Å². The molecule has 1 aromatic heterocycles. The zero-order valence-corrected chi connectivity index (χ0v) is 17.6. The fourth-order valence-corrected chi connectivity index (χ4v) is 3.09. The van der Waals surface area contributed by atoms with Crippen molar-refractivity contribution in [1.82, 2.24) is 15.3 Å². The molecule has 3 rings (SSSR count). The Morgan fingerprint density at radius 3 is 2.17 bits per heavy atom. The summed E-state index contributed by atoms with van der Waals surface area (Å²) >= 11 is 23.1. The van der Waals surface area contributed by atoms with Crippen LogP contribution in [-0.4, -0.2) is 21.0 Å². The van der Waals surface area contributed by atoms with Crippen LogP contribution in [0.5, 0.6) is 11.8 Å². The molecule has 2 N–H and O–H groups in total. The van der Waals surface area contributed by atoms with E-state index in [1.165, 1.54) is 24.5 Å². The number of rotatable bonds is 4. The maximum atomic E-state index is 13.7. The molecular weight excluding hydrogens is 481 g/mol. The molecule has 0 radical (unpaired) electrons.